The first kappa shape index (κ1) is 22.0. The molecule has 2 rings (SSSR count). The third-order valence-corrected chi connectivity index (χ3v) is 4.43. The zero-order valence-corrected chi connectivity index (χ0v) is 16.9. The summed E-state index contributed by atoms with van der Waals surface area (Å²) in [6.07, 6.45) is 2.91. The van der Waals surface area contributed by atoms with Crippen LogP contribution in [0.15, 0.2) is 49.1 Å². The molecule has 2 aromatic rings. The number of benzene rings is 2. The van der Waals surface area contributed by atoms with Gasteiger partial charge in [0.1, 0.15) is 11.5 Å². The summed E-state index contributed by atoms with van der Waals surface area (Å²) in [7, 11) is 3.17. The molecule has 5 heteroatoms. The lowest BCUT2D eigenvalue weighted by Gasteiger charge is -2.23. The fourth-order valence-corrected chi connectivity index (χ4v) is 3.26. The van der Waals surface area contributed by atoms with Crippen LogP contribution in [0.1, 0.15) is 24.5 Å². The van der Waals surface area contributed by atoms with Gasteiger partial charge in [0.2, 0.25) is 0 Å². The summed E-state index contributed by atoms with van der Waals surface area (Å²) in [5.74, 6) is 1.34. The van der Waals surface area contributed by atoms with Gasteiger partial charge in [0, 0.05) is 25.8 Å². The summed E-state index contributed by atoms with van der Waals surface area (Å²) in [5.41, 5.74) is 4.00. The van der Waals surface area contributed by atoms with Crippen LogP contribution in [0.2, 0.25) is 0 Å². The van der Waals surface area contributed by atoms with E-state index in [0.717, 1.165) is 28.7 Å². The van der Waals surface area contributed by atoms with Gasteiger partial charge >= 0.3 is 0 Å². The average Bonchev–Trinajstić information content (AvgIpc) is 2.71. The summed E-state index contributed by atoms with van der Waals surface area (Å²) < 4.78 is 21.9. The van der Waals surface area contributed by atoms with Gasteiger partial charge in [0.25, 0.3) is 0 Å². The number of rotatable bonds is 12. The van der Waals surface area contributed by atoms with Gasteiger partial charge in [-0.3, -0.25) is 0 Å². The highest BCUT2D eigenvalue weighted by Crippen LogP contribution is 2.41. The van der Waals surface area contributed by atoms with Crippen molar-refractivity contribution in [3.8, 4) is 22.6 Å². The van der Waals surface area contributed by atoms with Crippen LogP contribution in [-0.4, -0.2) is 39.0 Å². The van der Waals surface area contributed by atoms with Gasteiger partial charge in [0.05, 0.1) is 6.10 Å². The van der Waals surface area contributed by atoms with Gasteiger partial charge in [-0.15, -0.1) is 6.58 Å². The third kappa shape index (κ3) is 5.58. The van der Waals surface area contributed by atoms with Gasteiger partial charge in [-0.05, 0) is 36.0 Å². The van der Waals surface area contributed by atoms with Crippen LogP contribution in [0, 0.1) is 0 Å². The molecule has 5 nitrogen and oxygen atoms in total. The van der Waals surface area contributed by atoms with Crippen molar-refractivity contribution in [3.05, 3.63) is 60.2 Å². The maximum Gasteiger partial charge on any atom is 0.188 e. The third-order valence-electron chi connectivity index (χ3n) is 4.43. The lowest BCUT2D eigenvalue weighted by molar-refractivity contribution is 0.0457. The zero-order chi connectivity index (χ0) is 20.4. The Balaban J connectivity index is 2.69. The Kier molecular flexibility index (Phi) is 9.01. The summed E-state index contributed by atoms with van der Waals surface area (Å²) in [5, 5.41) is 10.5. The lowest BCUT2D eigenvalue weighted by atomic mass is 9.88. The van der Waals surface area contributed by atoms with Crippen molar-refractivity contribution in [3.63, 3.8) is 0 Å². The molecule has 0 saturated carbocycles. The molecule has 0 amide bonds. The van der Waals surface area contributed by atoms with Crippen LogP contribution in [0.5, 0.6) is 11.5 Å². The van der Waals surface area contributed by atoms with E-state index in [1.807, 2.05) is 36.4 Å². The van der Waals surface area contributed by atoms with Gasteiger partial charge in [-0.2, -0.15) is 0 Å². The van der Waals surface area contributed by atoms with E-state index in [4.69, 9.17) is 18.9 Å². The van der Waals surface area contributed by atoms with Crippen molar-refractivity contribution in [1.29, 1.82) is 0 Å². The van der Waals surface area contributed by atoms with Crippen LogP contribution in [0.4, 0.5) is 0 Å². The van der Waals surface area contributed by atoms with Gasteiger partial charge in [-0.1, -0.05) is 43.3 Å². The highest BCUT2D eigenvalue weighted by atomic mass is 16.7. The Labute approximate surface area is 167 Å². The number of aliphatic hydroxyl groups is 1. The molecule has 2 aromatic carbocycles. The first-order valence-electron chi connectivity index (χ1n) is 9.42. The van der Waals surface area contributed by atoms with Crippen molar-refractivity contribution in [2.24, 2.45) is 0 Å². The molecule has 152 valence electrons. The summed E-state index contributed by atoms with van der Waals surface area (Å²) in [4.78, 5) is 0. The number of aliphatic hydroxyl groups excluding tert-OH is 1. The van der Waals surface area contributed by atoms with Gasteiger partial charge in [-0.25, -0.2) is 0 Å². The summed E-state index contributed by atoms with van der Waals surface area (Å²) in [6.45, 7) is 6.06. The maximum atomic E-state index is 10.5. The molecule has 0 aliphatic rings. The predicted molar refractivity (Wildman–Crippen MR) is 111 cm³/mol. The van der Waals surface area contributed by atoms with Gasteiger partial charge in [0.15, 0.2) is 13.6 Å². The highest BCUT2D eigenvalue weighted by Gasteiger charge is 2.22. The van der Waals surface area contributed by atoms with Crippen LogP contribution in [0.3, 0.4) is 0 Å². The molecule has 0 fully saturated rings. The Hall–Kier alpha value is -2.34. The molecule has 0 aliphatic heterocycles. The second-order valence-corrected chi connectivity index (χ2v) is 6.41. The quantitative estimate of drug-likeness (QED) is 0.434. The van der Waals surface area contributed by atoms with Crippen molar-refractivity contribution >= 4 is 0 Å². The smallest absolute Gasteiger partial charge is 0.188 e. The molecular formula is C23H30O5. The van der Waals surface area contributed by atoms with Crippen LogP contribution in [0.25, 0.3) is 11.1 Å². The molecule has 1 N–H and O–H groups in total. The highest BCUT2D eigenvalue weighted by molar-refractivity contribution is 5.77. The van der Waals surface area contributed by atoms with Crippen molar-refractivity contribution in [2.45, 2.75) is 32.3 Å². The van der Waals surface area contributed by atoms with E-state index in [2.05, 4.69) is 13.5 Å². The Bertz CT molecular complexity index is 742. The van der Waals surface area contributed by atoms with E-state index >= 15 is 0 Å². The standard InChI is InChI=1S/C23H30O5/c1-5-10-18(24)13-20-19(6-2)21(27-15-25-3)14-22(28-16-26-4)23(20)17-11-8-7-9-12-17/h5,7-9,11-12,14,18,24H,1,6,10,13,15-16H2,2-4H3. The fourth-order valence-electron chi connectivity index (χ4n) is 3.26. The minimum atomic E-state index is -0.543. The van der Waals surface area contributed by atoms with Crippen molar-refractivity contribution < 1.29 is 24.1 Å². The van der Waals surface area contributed by atoms with Crippen LogP contribution >= 0.6 is 0 Å². The van der Waals surface area contributed by atoms with E-state index < -0.39 is 6.10 Å². The molecule has 1 unspecified atom stereocenters. The Morgan fingerprint density at radius 1 is 1.00 bits per heavy atom. The van der Waals surface area contributed by atoms with E-state index in [0.29, 0.717) is 24.3 Å². The first-order chi connectivity index (χ1) is 13.7. The summed E-state index contributed by atoms with van der Waals surface area (Å²) >= 11 is 0. The molecule has 0 heterocycles. The SMILES string of the molecule is C=CCC(O)Cc1c(CC)c(OCOC)cc(OCOC)c1-c1ccccc1. The zero-order valence-electron chi connectivity index (χ0n) is 16.9. The second-order valence-electron chi connectivity index (χ2n) is 6.41. The average molecular weight is 386 g/mol. The normalized spacial score (nSPS) is 11.9. The fraction of sp³-hybridized carbons (Fsp3) is 0.391. The molecule has 0 saturated heterocycles. The number of hydrogen-bond acceptors (Lipinski definition) is 5. The van der Waals surface area contributed by atoms with Crippen molar-refractivity contribution in [2.75, 3.05) is 27.8 Å². The predicted octanol–water partition coefficient (Wildman–Crippen LogP) is 4.36. The van der Waals surface area contributed by atoms with Gasteiger partial charge < -0.3 is 24.1 Å². The minimum absolute atomic E-state index is 0.115. The largest absolute Gasteiger partial charge is 0.467 e. The van der Waals surface area contributed by atoms with E-state index in [9.17, 15) is 5.11 Å². The minimum Gasteiger partial charge on any atom is -0.467 e. The van der Waals surface area contributed by atoms with Crippen LogP contribution < -0.4 is 9.47 Å². The monoisotopic (exact) mass is 386 g/mol. The Morgan fingerprint density at radius 3 is 2.21 bits per heavy atom. The number of hydrogen-bond donors (Lipinski definition) is 1. The van der Waals surface area contributed by atoms with E-state index in [1.165, 1.54) is 0 Å². The number of methoxy groups -OCH3 is 2. The molecule has 0 aliphatic carbocycles. The molecule has 28 heavy (non-hydrogen) atoms. The summed E-state index contributed by atoms with van der Waals surface area (Å²) in [6, 6.07) is 11.9. The topological polar surface area (TPSA) is 57.2 Å². The maximum absolute atomic E-state index is 10.5. The molecule has 1 atom stereocenters. The van der Waals surface area contributed by atoms with Crippen molar-refractivity contribution in [1.82, 2.24) is 0 Å². The second kappa shape index (κ2) is 11.5. The molecule has 0 bridgehead atoms. The first-order valence-corrected chi connectivity index (χ1v) is 9.42. The molecule has 0 radical (unpaired) electrons. The molecular weight excluding hydrogens is 356 g/mol. The molecule has 0 aromatic heterocycles. The van der Waals surface area contributed by atoms with E-state index in [1.54, 1.807) is 20.3 Å². The van der Waals surface area contributed by atoms with Crippen LogP contribution in [-0.2, 0) is 22.3 Å². The lowest BCUT2D eigenvalue weighted by Crippen LogP contribution is -2.14. The van der Waals surface area contributed by atoms with E-state index in [-0.39, 0.29) is 13.6 Å². The Morgan fingerprint density at radius 2 is 1.64 bits per heavy atom. The number of ether oxygens (including phenoxy) is 4. The molecule has 0 spiro atoms.